The van der Waals surface area contributed by atoms with Gasteiger partial charge in [-0.2, -0.15) is 0 Å². The number of morpholine rings is 1. The van der Waals surface area contributed by atoms with E-state index in [1.165, 1.54) is 0 Å². The largest absolute Gasteiger partial charge is 0.497 e. The first kappa shape index (κ1) is 31.5. The monoisotopic (exact) mass is 582 g/mol. The average molecular weight is 583 g/mol. The topological polar surface area (TPSA) is 86.8 Å². The van der Waals surface area contributed by atoms with E-state index < -0.39 is 5.60 Å². The number of benzene rings is 2. The van der Waals surface area contributed by atoms with Gasteiger partial charge in [0.1, 0.15) is 35.6 Å². The molecule has 0 aromatic heterocycles. The van der Waals surface area contributed by atoms with Crippen molar-refractivity contribution in [3.63, 3.8) is 0 Å². The summed E-state index contributed by atoms with van der Waals surface area (Å²) in [6.45, 7) is 10.1. The Balaban J connectivity index is 1.33. The van der Waals surface area contributed by atoms with Crippen LogP contribution in [0.15, 0.2) is 42.5 Å². The molecule has 9 nitrogen and oxygen atoms in total. The first-order valence-corrected chi connectivity index (χ1v) is 14.9. The van der Waals surface area contributed by atoms with Crippen molar-refractivity contribution >= 4 is 12.0 Å². The van der Waals surface area contributed by atoms with Gasteiger partial charge in [0, 0.05) is 25.0 Å². The molecule has 0 N–H and O–H groups in total. The molecule has 0 bridgehead atoms. The van der Waals surface area contributed by atoms with Gasteiger partial charge in [0.15, 0.2) is 0 Å². The minimum Gasteiger partial charge on any atom is -0.497 e. The summed E-state index contributed by atoms with van der Waals surface area (Å²) in [6, 6.07) is 13.4. The summed E-state index contributed by atoms with van der Waals surface area (Å²) in [7, 11) is 3.28. The Kier molecular flexibility index (Phi) is 10.6. The van der Waals surface area contributed by atoms with Crippen LogP contribution in [-0.4, -0.2) is 80.1 Å². The van der Waals surface area contributed by atoms with E-state index in [0.717, 1.165) is 54.1 Å². The zero-order chi connectivity index (χ0) is 30.3. The minimum atomic E-state index is -0.595. The summed E-state index contributed by atoms with van der Waals surface area (Å²) in [5.41, 5.74) is 1.45. The number of hydrogen-bond donors (Lipinski definition) is 0. The third-order valence-corrected chi connectivity index (χ3v) is 7.87. The van der Waals surface area contributed by atoms with Crippen LogP contribution in [0.2, 0.25) is 0 Å². The lowest BCUT2D eigenvalue weighted by Crippen LogP contribution is -2.51. The van der Waals surface area contributed by atoms with Crippen molar-refractivity contribution in [1.29, 1.82) is 0 Å². The van der Waals surface area contributed by atoms with Crippen LogP contribution < -0.4 is 14.2 Å². The van der Waals surface area contributed by atoms with E-state index >= 15 is 0 Å². The van der Waals surface area contributed by atoms with Crippen molar-refractivity contribution in [2.45, 2.75) is 77.7 Å². The second-order valence-corrected chi connectivity index (χ2v) is 12.2. The Morgan fingerprint density at radius 2 is 1.67 bits per heavy atom. The van der Waals surface area contributed by atoms with Gasteiger partial charge in [0.05, 0.1) is 27.4 Å². The molecule has 1 saturated heterocycles. The van der Waals surface area contributed by atoms with Gasteiger partial charge < -0.3 is 33.5 Å². The molecule has 0 spiro atoms. The van der Waals surface area contributed by atoms with Gasteiger partial charge in [-0.3, -0.25) is 4.79 Å². The number of carbonyl (C=O) groups excluding carboxylic acids is 2. The third-order valence-electron chi connectivity index (χ3n) is 7.87. The zero-order valence-electron chi connectivity index (χ0n) is 25.9. The lowest BCUT2D eigenvalue weighted by atomic mass is 9.84. The van der Waals surface area contributed by atoms with E-state index in [9.17, 15) is 9.59 Å². The average Bonchev–Trinajstić information content (AvgIpc) is 2.98. The van der Waals surface area contributed by atoms with Crippen LogP contribution in [0.4, 0.5) is 4.79 Å². The maximum Gasteiger partial charge on any atom is 0.410 e. The molecule has 4 rings (SSSR count). The molecule has 9 heteroatoms. The molecule has 2 aromatic rings. The number of ether oxygens (including phenoxy) is 5. The van der Waals surface area contributed by atoms with Crippen LogP contribution >= 0.6 is 0 Å². The summed E-state index contributed by atoms with van der Waals surface area (Å²) in [6.07, 6.45) is 2.46. The summed E-state index contributed by atoms with van der Waals surface area (Å²) >= 11 is 0. The molecule has 1 atom stereocenters. The maximum atomic E-state index is 13.5. The molecule has 2 amide bonds. The molecular formula is C33H46N2O7. The van der Waals surface area contributed by atoms with Crippen molar-refractivity contribution < 1.29 is 33.3 Å². The van der Waals surface area contributed by atoms with E-state index in [-0.39, 0.29) is 30.1 Å². The number of amides is 2. The Hall–Kier alpha value is -3.46. The lowest BCUT2D eigenvalue weighted by molar-refractivity contribution is -0.145. The minimum absolute atomic E-state index is 0.00152. The van der Waals surface area contributed by atoms with E-state index in [1.54, 1.807) is 14.2 Å². The summed E-state index contributed by atoms with van der Waals surface area (Å²) in [5.74, 6) is 2.43. The van der Waals surface area contributed by atoms with Crippen LogP contribution in [0.25, 0.3) is 0 Å². The molecule has 1 saturated carbocycles. The van der Waals surface area contributed by atoms with E-state index in [2.05, 4.69) is 6.07 Å². The smallest absolute Gasteiger partial charge is 0.410 e. The molecule has 1 unspecified atom stereocenters. The van der Waals surface area contributed by atoms with Crippen molar-refractivity contribution in [1.82, 2.24) is 9.80 Å². The highest BCUT2D eigenvalue weighted by molar-refractivity contribution is 5.79. The number of carbonyl (C=O) groups is 2. The lowest BCUT2D eigenvalue weighted by Gasteiger charge is -2.39. The fourth-order valence-electron chi connectivity index (χ4n) is 5.67. The van der Waals surface area contributed by atoms with Crippen molar-refractivity contribution in [3.8, 4) is 17.2 Å². The number of nitrogens with zero attached hydrogens (tertiary/aromatic N) is 2. The first-order chi connectivity index (χ1) is 20.1. The summed E-state index contributed by atoms with van der Waals surface area (Å²) in [5, 5.41) is 0. The predicted octanol–water partition coefficient (Wildman–Crippen LogP) is 5.61. The first-order valence-electron chi connectivity index (χ1n) is 14.9. The number of methoxy groups -OCH3 is 2. The Labute approximate surface area is 250 Å². The zero-order valence-corrected chi connectivity index (χ0v) is 25.9. The van der Waals surface area contributed by atoms with Crippen LogP contribution in [0.5, 0.6) is 17.2 Å². The number of rotatable bonds is 9. The predicted molar refractivity (Wildman–Crippen MR) is 160 cm³/mol. The van der Waals surface area contributed by atoms with Crippen molar-refractivity contribution in [3.05, 3.63) is 53.6 Å². The molecule has 2 aromatic carbocycles. The van der Waals surface area contributed by atoms with E-state index in [1.807, 2.05) is 73.9 Å². The van der Waals surface area contributed by atoms with Crippen LogP contribution in [-0.2, 0) is 20.8 Å². The Bertz CT molecular complexity index is 1190. The van der Waals surface area contributed by atoms with Gasteiger partial charge in [0.2, 0.25) is 5.91 Å². The fraction of sp³-hybridized carbons (Fsp3) is 0.576. The molecule has 2 fully saturated rings. The quantitative estimate of drug-likeness (QED) is 0.380. The van der Waals surface area contributed by atoms with Crippen LogP contribution in [0.1, 0.15) is 57.6 Å². The molecule has 230 valence electrons. The van der Waals surface area contributed by atoms with Crippen LogP contribution in [0.3, 0.4) is 0 Å². The molecule has 2 aliphatic rings. The van der Waals surface area contributed by atoms with Crippen molar-refractivity contribution in [2.24, 2.45) is 5.92 Å². The summed E-state index contributed by atoms with van der Waals surface area (Å²) in [4.78, 5) is 30.6. The van der Waals surface area contributed by atoms with Crippen LogP contribution in [0, 0.1) is 12.8 Å². The van der Waals surface area contributed by atoms with Gasteiger partial charge in [-0.15, -0.1) is 0 Å². The van der Waals surface area contributed by atoms with E-state index in [0.29, 0.717) is 32.8 Å². The standard InChI is InChI=1S/C33H46N2O7/c1-23-19-24(7-16-30(23)39-6)20-35(32(37)42-33(2,3)4)26-10-8-25(9-11-26)31(36)34-17-18-40-29(21-34)22-41-28-14-12-27(38-5)13-15-28/h7,12-16,19,25-26,29H,8-11,17-18,20-22H2,1-6H3. The SMILES string of the molecule is COc1ccc(OCC2CN(C(=O)C3CCC(N(Cc4ccc(OC)c(C)c4)C(=O)OC(C)(C)C)CC3)CCO2)cc1. The number of aryl methyl sites for hydroxylation is 1. The van der Waals surface area contributed by atoms with Gasteiger partial charge >= 0.3 is 6.09 Å². The van der Waals surface area contributed by atoms with Gasteiger partial charge in [-0.1, -0.05) is 12.1 Å². The number of hydrogen-bond acceptors (Lipinski definition) is 7. The second-order valence-electron chi connectivity index (χ2n) is 12.2. The normalized spacial score (nSPS) is 20.9. The highest BCUT2D eigenvalue weighted by atomic mass is 16.6. The maximum absolute atomic E-state index is 13.5. The molecule has 1 heterocycles. The highest BCUT2D eigenvalue weighted by Gasteiger charge is 2.36. The Morgan fingerprint density at radius 1 is 0.976 bits per heavy atom. The van der Waals surface area contributed by atoms with Gasteiger partial charge in [0.25, 0.3) is 0 Å². The molecule has 1 aliphatic carbocycles. The second kappa shape index (κ2) is 14.1. The molecule has 0 radical (unpaired) electrons. The van der Waals surface area contributed by atoms with Gasteiger partial charge in [-0.25, -0.2) is 4.79 Å². The van der Waals surface area contributed by atoms with Gasteiger partial charge in [-0.05, 0) is 94.8 Å². The fourth-order valence-corrected chi connectivity index (χ4v) is 5.67. The molecule has 1 aliphatic heterocycles. The van der Waals surface area contributed by atoms with E-state index in [4.69, 9.17) is 23.7 Å². The highest BCUT2D eigenvalue weighted by Crippen LogP contribution is 2.32. The molecule has 42 heavy (non-hydrogen) atoms. The Morgan fingerprint density at radius 3 is 2.29 bits per heavy atom. The molecular weight excluding hydrogens is 536 g/mol. The third kappa shape index (κ3) is 8.53. The summed E-state index contributed by atoms with van der Waals surface area (Å²) < 4.78 is 28.2. The van der Waals surface area contributed by atoms with Crippen molar-refractivity contribution in [2.75, 3.05) is 40.5 Å².